The number of nitrogens with zero attached hydrogens (tertiary/aromatic N) is 2. The van der Waals surface area contributed by atoms with Crippen molar-refractivity contribution >= 4 is 34.6 Å². The highest BCUT2D eigenvalue weighted by Gasteiger charge is 2.23. The number of nitro groups is 1. The van der Waals surface area contributed by atoms with Gasteiger partial charge in [-0.15, -0.1) is 11.3 Å². The minimum Gasteiger partial charge on any atom is -0.489 e. The fraction of sp³-hybridized carbons (Fsp3) is 0.261. The molecule has 0 spiro atoms. The molecule has 1 amide bonds. The lowest BCUT2D eigenvalue weighted by atomic mass is 10.2. The van der Waals surface area contributed by atoms with Crippen LogP contribution >= 0.6 is 11.3 Å². The van der Waals surface area contributed by atoms with E-state index in [9.17, 15) is 19.7 Å². The molecule has 2 heterocycles. The van der Waals surface area contributed by atoms with Crippen molar-refractivity contribution in [3.8, 4) is 17.2 Å². The SMILES string of the molecule is Cc1nc(COc2ccc(C(=O)OCC(=O)Nc3cc4c(cc3[N+](=O)[O-])OCCCO4)cc2)cs1. The van der Waals surface area contributed by atoms with Crippen LogP contribution in [0.3, 0.4) is 0 Å². The quantitative estimate of drug-likeness (QED) is 0.278. The van der Waals surface area contributed by atoms with Gasteiger partial charge in [-0.3, -0.25) is 14.9 Å². The number of thiazole rings is 1. The molecule has 0 atom stereocenters. The van der Waals surface area contributed by atoms with Crippen molar-refractivity contribution < 1.29 is 33.5 Å². The summed E-state index contributed by atoms with van der Waals surface area (Å²) in [4.78, 5) is 39.7. The molecule has 182 valence electrons. The fourth-order valence-corrected chi connectivity index (χ4v) is 3.77. The molecule has 0 bridgehead atoms. The second-order valence-corrected chi connectivity index (χ2v) is 8.48. The summed E-state index contributed by atoms with van der Waals surface area (Å²) in [6, 6.07) is 8.76. The first-order valence-electron chi connectivity index (χ1n) is 10.6. The molecule has 11 nitrogen and oxygen atoms in total. The Labute approximate surface area is 203 Å². The molecule has 0 fully saturated rings. The van der Waals surface area contributed by atoms with Crippen molar-refractivity contribution in [1.29, 1.82) is 0 Å². The molecule has 0 aliphatic carbocycles. The van der Waals surface area contributed by atoms with E-state index in [1.54, 1.807) is 12.1 Å². The Morgan fingerprint density at radius 3 is 2.54 bits per heavy atom. The van der Waals surface area contributed by atoms with Gasteiger partial charge in [0.15, 0.2) is 18.1 Å². The fourth-order valence-electron chi connectivity index (χ4n) is 3.17. The number of rotatable bonds is 8. The second kappa shape index (κ2) is 10.8. The Balaban J connectivity index is 1.32. The average Bonchev–Trinajstić information content (AvgIpc) is 3.12. The number of nitro benzene ring substituents is 1. The van der Waals surface area contributed by atoms with Crippen LogP contribution in [0.4, 0.5) is 11.4 Å². The molecule has 0 saturated carbocycles. The Kier molecular flexibility index (Phi) is 7.41. The number of benzene rings is 2. The molecule has 1 aliphatic rings. The molecule has 0 radical (unpaired) electrons. The molecular weight excluding hydrogens is 478 g/mol. The summed E-state index contributed by atoms with van der Waals surface area (Å²) in [5.41, 5.74) is 0.585. The maximum absolute atomic E-state index is 12.3. The maximum Gasteiger partial charge on any atom is 0.338 e. The van der Waals surface area contributed by atoms with E-state index in [0.717, 1.165) is 10.7 Å². The van der Waals surface area contributed by atoms with E-state index in [2.05, 4.69) is 10.3 Å². The van der Waals surface area contributed by atoms with Crippen LogP contribution in [0.5, 0.6) is 17.2 Å². The van der Waals surface area contributed by atoms with Crippen molar-refractivity contribution in [3.63, 3.8) is 0 Å². The number of carbonyl (C=O) groups is 2. The van der Waals surface area contributed by atoms with Gasteiger partial charge in [-0.1, -0.05) is 0 Å². The van der Waals surface area contributed by atoms with E-state index in [0.29, 0.717) is 32.0 Å². The molecule has 1 N–H and O–H groups in total. The predicted molar refractivity (Wildman–Crippen MR) is 125 cm³/mol. The largest absolute Gasteiger partial charge is 0.489 e. The van der Waals surface area contributed by atoms with Gasteiger partial charge in [0.05, 0.1) is 40.5 Å². The Morgan fingerprint density at radius 2 is 1.89 bits per heavy atom. The first kappa shape index (κ1) is 24.0. The number of aromatic nitrogens is 1. The summed E-state index contributed by atoms with van der Waals surface area (Å²) in [5.74, 6) is -0.406. The van der Waals surface area contributed by atoms with Crippen LogP contribution in [0, 0.1) is 17.0 Å². The number of carbonyl (C=O) groups excluding carboxylic acids is 2. The highest BCUT2D eigenvalue weighted by atomic mass is 32.1. The zero-order valence-corrected chi connectivity index (χ0v) is 19.5. The lowest BCUT2D eigenvalue weighted by molar-refractivity contribution is -0.384. The number of anilines is 1. The summed E-state index contributed by atoms with van der Waals surface area (Å²) in [5, 5.41) is 16.7. The van der Waals surface area contributed by atoms with E-state index in [-0.39, 0.29) is 28.4 Å². The lowest BCUT2D eigenvalue weighted by Gasteiger charge is -2.11. The van der Waals surface area contributed by atoms with Gasteiger partial charge >= 0.3 is 5.97 Å². The minimum atomic E-state index is -0.741. The van der Waals surface area contributed by atoms with Crippen molar-refractivity contribution in [3.05, 3.63) is 68.2 Å². The highest BCUT2D eigenvalue weighted by molar-refractivity contribution is 7.09. The smallest absolute Gasteiger partial charge is 0.338 e. The molecular formula is C23H21N3O8S. The molecule has 12 heteroatoms. The van der Waals surface area contributed by atoms with Crippen molar-refractivity contribution in [2.75, 3.05) is 25.1 Å². The normalized spacial score (nSPS) is 12.4. The van der Waals surface area contributed by atoms with E-state index in [4.69, 9.17) is 18.9 Å². The molecule has 2 aromatic carbocycles. The monoisotopic (exact) mass is 499 g/mol. The van der Waals surface area contributed by atoms with Crippen LogP contribution in [-0.2, 0) is 16.1 Å². The molecule has 4 rings (SSSR count). The van der Waals surface area contributed by atoms with Crippen LogP contribution in [0.1, 0.15) is 27.5 Å². The third kappa shape index (κ3) is 6.23. The van der Waals surface area contributed by atoms with E-state index in [1.165, 1.54) is 35.6 Å². The second-order valence-electron chi connectivity index (χ2n) is 7.42. The van der Waals surface area contributed by atoms with Crippen LogP contribution in [0.15, 0.2) is 41.8 Å². The Bertz CT molecular complexity index is 1240. The zero-order valence-electron chi connectivity index (χ0n) is 18.6. The summed E-state index contributed by atoms with van der Waals surface area (Å²) < 4.78 is 21.6. The summed E-state index contributed by atoms with van der Waals surface area (Å²) >= 11 is 1.53. The summed E-state index contributed by atoms with van der Waals surface area (Å²) in [6.07, 6.45) is 0.624. The van der Waals surface area contributed by atoms with Crippen LogP contribution in [0.25, 0.3) is 0 Å². The Morgan fingerprint density at radius 1 is 1.17 bits per heavy atom. The number of nitrogens with one attached hydrogen (secondary N) is 1. The predicted octanol–water partition coefficient (Wildman–Crippen LogP) is 3.90. The standard InChI is InChI=1S/C23H21N3O8S/c1-14-24-16(13-35-14)11-33-17-5-3-15(4-6-17)23(28)34-12-22(27)25-18-9-20-21(10-19(18)26(29)30)32-8-2-7-31-20/h3-6,9-10,13H,2,7-8,11-12H2,1H3,(H,25,27). The zero-order chi connectivity index (χ0) is 24.8. The summed E-state index contributed by atoms with van der Waals surface area (Å²) in [7, 11) is 0. The number of aryl methyl sites for hydroxylation is 1. The number of hydrogen-bond acceptors (Lipinski definition) is 10. The van der Waals surface area contributed by atoms with E-state index in [1.807, 2.05) is 12.3 Å². The number of esters is 1. The lowest BCUT2D eigenvalue weighted by Crippen LogP contribution is -2.21. The molecule has 3 aromatic rings. The maximum atomic E-state index is 12.3. The van der Waals surface area contributed by atoms with E-state index >= 15 is 0 Å². The third-order valence-corrected chi connectivity index (χ3v) is 5.64. The van der Waals surface area contributed by atoms with Crippen LogP contribution in [0.2, 0.25) is 0 Å². The van der Waals surface area contributed by atoms with Gasteiger partial charge < -0.3 is 24.3 Å². The number of hydrogen-bond donors (Lipinski definition) is 1. The van der Waals surface area contributed by atoms with Gasteiger partial charge in [0, 0.05) is 17.9 Å². The van der Waals surface area contributed by atoms with E-state index < -0.39 is 23.4 Å². The number of fused-ring (bicyclic) bond motifs is 1. The first-order chi connectivity index (χ1) is 16.9. The number of ether oxygens (including phenoxy) is 4. The van der Waals surface area contributed by atoms with Crippen molar-refractivity contribution in [1.82, 2.24) is 4.98 Å². The molecule has 1 aromatic heterocycles. The number of amides is 1. The van der Waals surface area contributed by atoms with Crippen LogP contribution in [-0.4, -0.2) is 41.6 Å². The Hall–Kier alpha value is -4.19. The average molecular weight is 500 g/mol. The summed E-state index contributed by atoms with van der Waals surface area (Å²) in [6.45, 7) is 2.33. The first-order valence-corrected chi connectivity index (χ1v) is 11.5. The van der Waals surface area contributed by atoms with Crippen molar-refractivity contribution in [2.24, 2.45) is 0 Å². The minimum absolute atomic E-state index is 0.0860. The molecule has 0 saturated heterocycles. The topological polar surface area (TPSA) is 139 Å². The van der Waals surface area contributed by atoms with Crippen LogP contribution < -0.4 is 19.5 Å². The highest BCUT2D eigenvalue weighted by Crippen LogP contribution is 2.39. The van der Waals surface area contributed by atoms with Gasteiger partial charge in [0.25, 0.3) is 11.6 Å². The molecule has 0 unspecified atom stereocenters. The molecule has 35 heavy (non-hydrogen) atoms. The van der Waals surface area contributed by atoms with Gasteiger partial charge in [-0.05, 0) is 31.2 Å². The van der Waals surface area contributed by atoms with Crippen molar-refractivity contribution in [2.45, 2.75) is 20.0 Å². The van der Waals surface area contributed by atoms with Gasteiger partial charge in [-0.25, -0.2) is 9.78 Å². The van der Waals surface area contributed by atoms with Gasteiger partial charge in [-0.2, -0.15) is 0 Å². The molecule has 1 aliphatic heterocycles. The third-order valence-electron chi connectivity index (χ3n) is 4.81. The van der Waals surface area contributed by atoms with Gasteiger partial charge in [0.2, 0.25) is 0 Å². The van der Waals surface area contributed by atoms with Gasteiger partial charge in [0.1, 0.15) is 18.0 Å².